The second-order valence-corrected chi connectivity index (χ2v) is 11.6. The Morgan fingerprint density at radius 2 is 1.60 bits per heavy atom. The van der Waals surface area contributed by atoms with Crippen molar-refractivity contribution in [3.05, 3.63) is 89.4 Å². The van der Waals surface area contributed by atoms with E-state index >= 15 is 0 Å². The molecule has 4 N–H and O–H groups in total. The summed E-state index contributed by atoms with van der Waals surface area (Å²) in [6, 6.07) is 20.0. The molecule has 0 aliphatic heterocycles. The predicted octanol–water partition coefficient (Wildman–Crippen LogP) is 4.27. The van der Waals surface area contributed by atoms with Gasteiger partial charge in [0.05, 0.1) is 10.6 Å². The van der Waals surface area contributed by atoms with Crippen LogP contribution in [0.1, 0.15) is 25.8 Å². The number of hydrogen-bond acceptors (Lipinski definition) is 5. The second-order valence-electron chi connectivity index (χ2n) is 9.33. The second kappa shape index (κ2) is 13.8. The number of hydrogen-bond donors (Lipinski definition) is 4. The molecule has 3 rings (SSSR count). The standard InChI is InChI=1S/C28H31ClN4O6S/c1-19(2)30-27(35)18-33(24-12-6-10-21(29)15-24)40(38,39)25-13-7-11-22(16-25)31-26(34)17-23(32-28(36)37)14-20-8-4-3-5-9-20/h3-13,15-16,19,23,32H,14,17-18H2,1-2H3,(H,30,35)(H,31,34)(H,36,37). The van der Waals surface area contributed by atoms with Crippen molar-refractivity contribution < 1.29 is 27.9 Å². The van der Waals surface area contributed by atoms with Gasteiger partial charge in [0.15, 0.2) is 0 Å². The van der Waals surface area contributed by atoms with Crippen LogP contribution >= 0.6 is 11.6 Å². The fourth-order valence-corrected chi connectivity index (χ4v) is 5.63. The monoisotopic (exact) mass is 586 g/mol. The fourth-order valence-electron chi connectivity index (χ4n) is 3.99. The highest BCUT2D eigenvalue weighted by molar-refractivity contribution is 7.92. The third-order valence-electron chi connectivity index (χ3n) is 5.62. The van der Waals surface area contributed by atoms with Crippen LogP contribution in [0.25, 0.3) is 0 Å². The van der Waals surface area contributed by atoms with Crippen LogP contribution in [0.2, 0.25) is 5.02 Å². The number of carbonyl (C=O) groups is 3. The Kier molecular flexibility index (Phi) is 10.5. The topological polar surface area (TPSA) is 145 Å². The molecule has 0 saturated heterocycles. The van der Waals surface area contributed by atoms with Crippen LogP contribution in [0.5, 0.6) is 0 Å². The van der Waals surface area contributed by atoms with Crippen molar-refractivity contribution in [2.75, 3.05) is 16.2 Å². The molecule has 3 amide bonds. The van der Waals surface area contributed by atoms with Crippen LogP contribution in [0.3, 0.4) is 0 Å². The molecule has 40 heavy (non-hydrogen) atoms. The lowest BCUT2D eigenvalue weighted by Crippen LogP contribution is -2.43. The lowest BCUT2D eigenvalue weighted by molar-refractivity contribution is -0.120. The normalized spacial score (nSPS) is 11.9. The lowest BCUT2D eigenvalue weighted by Gasteiger charge is -2.25. The third-order valence-corrected chi connectivity index (χ3v) is 7.63. The number of anilines is 2. The molecule has 3 aromatic carbocycles. The number of carboxylic acid groups (broad SMARTS) is 1. The number of benzene rings is 3. The SMILES string of the molecule is CC(C)NC(=O)CN(c1cccc(Cl)c1)S(=O)(=O)c1cccc(NC(=O)CC(Cc2ccccc2)NC(=O)O)c1. The maximum absolute atomic E-state index is 13.7. The van der Waals surface area contributed by atoms with E-state index in [1.54, 1.807) is 26.0 Å². The minimum atomic E-state index is -4.27. The summed E-state index contributed by atoms with van der Waals surface area (Å²) in [7, 11) is -4.27. The first-order valence-corrected chi connectivity index (χ1v) is 14.3. The van der Waals surface area contributed by atoms with E-state index in [9.17, 15) is 27.9 Å². The predicted molar refractivity (Wildman–Crippen MR) is 154 cm³/mol. The molecule has 0 bridgehead atoms. The first-order valence-electron chi connectivity index (χ1n) is 12.4. The van der Waals surface area contributed by atoms with Gasteiger partial charge in [-0.3, -0.25) is 13.9 Å². The molecule has 0 saturated carbocycles. The minimum Gasteiger partial charge on any atom is -0.465 e. The Morgan fingerprint density at radius 1 is 0.900 bits per heavy atom. The van der Waals surface area contributed by atoms with E-state index in [2.05, 4.69) is 16.0 Å². The average Bonchev–Trinajstić information content (AvgIpc) is 2.87. The number of halogens is 1. The van der Waals surface area contributed by atoms with Gasteiger partial charge < -0.3 is 21.1 Å². The number of sulfonamides is 1. The van der Waals surface area contributed by atoms with E-state index < -0.39 is 40.5 Å². The summed E-state index contributed by atoms with van der Waals surface area (Å²) in [5.74, 6) is -1.01. The van der Waals surface area contributed by atoms with Gasteiger partial charge >= 0.3 is 6.09 Å². The zero-order valence-electron chi connectivity index (χ0n) is 22.0. The van der Waals surface area contributed by atoms with Gasteiger partial charge in [0.1, 0.15) is 6.54 Å². The van der Waals surface area contributed by atoms with E-state index in [4.69, 9.17) is 11.6 Å². The molecule has 0 aliphatic carbocycles. The first-order chi connectivity index (χ1) is 18.9. The molecule has 3 aromatic rings. The largest absolute Gasteiger partial charge is 0.465 e. The van der Waals surface area contributed by atoms with Gasteiger partial charge in [0.2, 0.25) is 11.8 Å². The van der Waals surface area contributed by atoms with E-state index in [1.165, 1.54) is 36.4 Å². The maximum Gasteiger partial charge on any atom is 0.404 e. The van der Waals surface area contributed by atoms with Crippen molar-refractivity contribution in [2.24, 2.45) is 0 Å². The molecule has 1 unspecified atom stereocenters. The van der Waals surface area contributed by atoms with E-state index in [1.807, 2.05) is 30.3 Å². The van der Waals surface area contributed by atoms with Gasteiger partial charge in [-0.2, -0.15) is 0 Å². The van der Waals surface area contributed by atoms with E-state index in [0.717, 1.165) is 9.87 Å². The maximum atomic E-state index is 13.7. The van der Waals surface area contributed by atoms with Crippen LogP contribution in [0, 0.1) is 0 Å². The molecule has 0 radical (unpaired) electrons. The minimum absolute atomic E-state index is 0.160. The number of carbonyl (C=O) groups excluding carboxylic acids is 2. The smallest absolute Gasteiger partial charge is 0.404 e. The zero-order chi connectivity index (χ0) is 29.3. The van der Waals surface area contributed by atoms with Gasteiger partial charge in [0.25, 0.3) is 10.0 Å². The van der Waals surface area contributed by atoms with Crippen LogP contribution in [0.15, 0.2) is 83.8 Å². The number of amides is 3. The highest BCUT2D eigenvalue weighted by Crippen LogP contribution is 2.27. The van der Waals surface area contributed by atoms with Crippen molar-refractivity contribution in [3.8, 4) is 0 Å². The van der Waals surface area contributed by atoms with E-state index in [0.29, 0.717) is 11.4 Å². The number of nitrogens with zero attached hydrogens (tertiary/aromatic N) is 1. The molecule has 10 nitrogen and oxygen atoms in total. The van der Waals surface area contributed by atoms with Crippen molar-refractivity contribution >= 4 is 50.9 Å². The van der Waals surface area contributed by atoms with Gasteiger partial charge in [-0.05, 0) is 62.2 Å². The highest BCUT2D eigenvalue weighted by atomic mass is 35.5. The molecule has 1 atom stereocenters. The van der Waals surface area contributed by atoms with Crippen LogP contribution in [-0.4, -0.2) is 50.1 Å². The molecule has 0 aliphatic rings. The average molecular weight is 587 g/mol. The third kappa shape index (κ3) is 8.99. The molecule has 0 spiro atoms. The Hall–Kier alpha value is -4.09. The zero-order valence-corrected chi connectivity index (χ0v) is 23.6. The molecular weight excluding hydrogens is 556 g/mol. The Bertz CT molecular complexity index is 1450. The highest BCUT2D eigenvalue weighted by Gasteiger charge is 2.28. The van der Waals surface area contributed by atoms with Crippen molar-refractivity contribution in [1.29, 1.82) is 0 Å². The summed E-state index contributed by atoms with van der Waals surface area (Å²) in [5.41, 5.74) is 1.24. The Labute approximate surface area is 238 Å². The fraction of sp³-hybridized carbons (Fsp3) is 0.250. The Morgan fingerprint density at radius 3 is 2.25 bits per heavy atom. The quantitative estimate of drug-likeness (QED) is 0.249. The molecule has 12 heteroatoms. The van der Waals surface area contributed by atoms with Crippen LogP contribution in [0.4, 0.5) is 16.2 Å². The van der Waals surface area contributed by atoms with Crippen LogP contribution in [-0.2, 0) is 26.0 Å². The summed E-state index contributed by atoms with van der Waals surface area (Å²) >= 11 is 6.10. The summed E-state index contributed by atoms with van der Waals surface area (Å²) in [6.45, 7) is 3.04. The van der Waals surface area contributed by atoms with E-state index in [-0.39, 0.29) is 28.7 Å². The molecular formula is C28H31ClN4O6S. The van der Waals surface area contributed by atoms with Gasteiger partial charge in [-0.25, -0.2) is 13.2 Å². The van der Waals surface area contributed by atoms with Crippen molar-refractivity contribution in [2.45, 2.75) is 43.7 Å². The summed E-state index contributed by atoms with van der Waals surface area (Å²) in [4.78, 5) is 36.5. The Balaban J connectivity index is 1.82. The van der Waals surface area contributed by atoms with Gasteiger partial charge in [-0.1, -0.05) is 54.1 Å². The first kappa shape index (κ1) is 30.5. The summed E-state index contributed by atoms with van der Waals surface area (Å²) < 4.78 is 28.4. The van der Waals surface area contributed by atoms with Crippen molar-refractivity contribution in [3.63, 3.8) is 0 Å². The molecule has 0 fully saturated rings. The lowest BCUT2D eigenvalue weighted by atomic mass is 10.0. The summed E-state index contributed by atoms with van der Waals surface area (Å²) in [5, 5.41) is 17.2. The van der Waals surface area contributed by atoms with Gasteiger partial charge in [0, 0.05) is 29.2 Å². The van der Waals surface area contributed by atoms with Gasteiger partial charge in [-0.15, -0.1) is 0 Å². The number of rotatable bonds is 12. The molecule has 0 heterocycles. The molecule has 212 valence electrons. The van der Waals surface area contributed by atoms with Crippen LogP contribution < -0.4 is 20.3 Å². The number of nitrogens with one attached hydrogen (secondary N) is 3. The molecule has 0 aromatic heterocycles. The van der Waals surface area contributed by atoms with Crippen molar-refractivity contribution in [1.82, 2.24) is 10.6 Å². The summed E-state index contributed by atoms with van der Waals surface area (Å²) in [6.07, 6.45) is -1.14.